The third-order valence-corrected chi connectivity index (χ3v) is 5.11. The van der Waals surface area contributed by atoms with E-state index in [4.69, 9.17) is 5.11 Å². The molecule has 4 rings (SSSR count). The topological polar surface area (TPSA) is 73.4 Å². The van der Waals surface area contributed by atoms with E-state index in [1.807, 2.05) is 38.1 Å². The van der Waals surface area contributed by atoms with Crippen LogP contribution in [0.2, 0.25) is 0 Å². The lowest BCUT2D eigenvalue weighted by Crippen LogP contribution is -2.31. The molecule has 0 saturated heterocycles. The minimum atomic E-state index is -1.13. The summed E-state index contributed by atoms with van der Waals surface area (Å²) in [6.07, 6.45) is 2.72. The van der Waals surface area contributed by atoms with Gasteiger partial charge in [0.2, 0.25) is 0 Å². The molecule has 0 saturated carbocycles. The molecule has 1 unspecified atom stereocenters. The molecule has 5 heteroatoms. The summed E-state index contributed by atoms with van der Waals surface area (Å²) in [6, 6.07) is 13.9. The lowest BCUT2D eigenvalue weighted by molar-refractivity contribution is -0.131. The maximum atomic E-state index is 12.9. The molecule has 0 bridgehead atoms. The minimum absolute atomic E-state index is 0.176. The van der Waals surface area contributed by atoms with Crippen molar-refractivity contribution in [1.29, 1.82) is 0 Å². The van der Waals surface area contributed by atoms with Crippen LogP contribution in [0.15, 0.2) is 54.6 Å². The minimum Gasteiger partial charge on any atom is -0.478 e. The highest BCUT2D eigenvalue weighted by Gasteiger charge is 2.36. The molecule has 2 heterocycles. The molecule has 0 spiro atoms. The van der Waals surface area contributed by atoms with Gasteiger partial charge < -0.3 is 15.0 Å². The second-order valence-corrected chi connectivity index (χ2v) is 6.94. The van der Waals surface area contributed by atoms with E-state index in [2.05, 4.69) is 23.2 Å². The Kier molecular flexibility index (Phi) is 4.07. The molecule has 0 aliphatic carbocycles. The number of carbonyl (C=O) groups excluding carboxylic acids is 1. The quantitative estimate of drug-likeness (QED) is 0.692. The zero-order chi connectivity index (χ0) is 19.1. The highest BCUT2D eigenvalue weighted by molar-refractivity contribution is 6.06. The molecule has 2 aromatic carbocycles. The van der Waals surface area contributed by atoms with E-state index >= 15 is 0 Å². The van der Waals surface area contributed by atoms with Crippen molar-refractivity contribution in [3.05, 3.63) is 77.0 Å². The number of H-pyrrole nitrogens is 1. The van der Waals surface area contributed by atoms with E-state index in [1.165, 1.54) is 5.56 Å². The third-order valence-electron chi connectivity index (χ3n) is 5.11. The van der Waals surface area contributed by atoms with Crippen LogP contribution in [-0.4, -0.2) is 22.0 Å². The van der Waals surface area contributed by atoms with Crippen LogP contribution in [0.5, 0.6) is 0 Å². The third kappa shape index (κ3) is 2.91. The van der Waals surface area contributed by atoms with Crippen molar-refractivity contribution in [3.63, 3.8) is 0 Å². The van der Waals surface area contributed by atoms with Gasteiger partial charge in [0.15, 0.2) is 0 Å². The highest BCUT2D eigenvalue weighted by atomic mass is 16.4. The summed E-state index contributed by atoms with van der Waals surface area (Å²) >= 11 is 0. The van der Waals surface area contributed by atoms with Crippen molar-refractivity contribution < 1.29 is 14.7 Å². The number of aromatic nitrogens is 1. The van der Waals surface area contributed by atoms with Gasteiger partial charge in [0.25, 0.3) is 5.91 Å². The number of aryl methyl sites for hydroxylation is 2. The van der Waals surface area contributed by atoms with Gasteiger partial charge in [-0.05, 0) is 43.5 Å². The van der Waals surface area contributed by atoms with Gasteiger partial charge >= 0.3 is 5.97 Å². The van der Waals surface area contributed by atoms with Crippen molar-refractivity contribution in [2.45, 2.75) is 26.3 Å². The van der Waals surface area contributed by atoms with E-state index in [9.17, 15) is 9.59 Å². The van der Waals surface area contributed by atoms with Crippen LogP contribution in [0.3, 0.4) is 0 Å². The molecule has 136 valence electrons. The first-order valence-corrected chi connectivity index (χ1v) is 8.86. The Morgan fingerprint density at radius 3 is 2.70 bits per heavy atom. The standard InChI is InChI=1S/C22H20N2O3/c1-13-7-8-16-17(11-13)23-14(2)22(16)19-12-15-5-3-4-6-18(15)24(19)20(25)9-10-21(26)27/h3-11,19,23H,12H2,1-2H3,(H,26,27)/b10-9+. The van der Waals surface area contributed by atoms with Gasteiger partial charge in [0, 0.05) is 40.0 Å². The number of nitrogens with zero attached hydrogens (tertiary/aromatic N) is 1. The fraction of sp³-hybridized carbons (Fsp3) is 0.182. The molecular weight excluding hydrogens is 340 g/mol. The molecule has 27 heavy (non-hydrogen) atoms. The normalized spacial score (nSPS) is 16.2. The van der Waals surface area contributed by atoms with E-state index in [0.29, 0.717) is 6.42 Å². The van der Waals surface area contributed by atoms with Gasteiger partial charge in [-0.2, -0.15) is 0 Å². The van der Waals surface area contributed by atoms with Crippen LogP contribution in [0.25, 0.3) is 10.9 Å². The Hall–Kier alpha value is -3.34. The van der Waals surface area contributed by atoms with Crippen LogP contribution in [0.1, 0.15) is 28.4 Å². The first-order valence-electron chi connectivity index (χ1n) is 8.86. The number of para-hydroxylation sites is 1. The van der Waals surface area contributed by atoms with E-state index in [1.54, 1.807) is 4.90 Å². The Bertz CT molecular complexity index is 1090. The van der Waals surface area contributed by atoms with E-state index in [0.717, 1.165) is 45.6 Å². The fourth-order valence-electron chi connectivity index (χ4n) is 4.01. The zero-order valence-corrected chi connectivity index (χ0v) is 15.2. The Morgan fingerprint density at radius 2 is 1.93 bits per heavy atom. The second-order valence-electron chi connectivity index (χ2n) is 6.94. The Labute approximate surface area is 156 Å². The average Bonchev–Trinajstić information content (AvgIpc) is 3.15. The summed E-state index contributed by atoms with van der Waals surface area (Å²) in [5.74, 6) is -1.46. The lowest BCUT2D eigenvalue weighted by Gasteiger charge is -2.25. The van der Waals surface area contributed by atoms with Crippen molar-refractivity contribution in [2.24, 2.45) is 0 Å². The van der Waals surface area contributed by atoms with Gasteiger partial charge in [-0.25, -0.2) is 4.79 Å². The van der Waals surface area contributed by atoms with E-state index < -0.39 is 5.97 Å². The second kappa shape index (κ2) is 6.43. The molecule has 1 aliphatic rings. The highest BCUT2D eigenvalue weighted by Crippen LogP contribution is 2.43. The Morgan fingerprint density at radius 1 is 1.15 bits per heavy atom. The predicted octanol–water partition coefficient (Wildman–Crippen LogP) is 4.06. The molecule has 1 atom stereocenters. The van der Waals surface area contributed by atoms with Crippen LogP contribution in [0, 0.1) is 13.8 Å². The van der Waals surface area contributed by atoms with Crippen molar-refractivity contribution in [1.82, 2.24) is 4.98 Å². The van der Waals surface area contributed by atoms with Crippen molar-refractivity contribution in [2.75, 3.05) is 4.90 Å². The number of benzene rings is 2. The summed E-state index contributed by atoms with van der Waals surface area (Å²) in [4.78, 5) is 28.9. The fourth-order valence-corrected chi connectivity index (χ4v) is 4.01. The number of anilines is 1. The molecule has 1 aliphatic heterocycles. The first-order chi connectivity index (χ1) is 13.0. The molecule has 0 fully saturated rings. The summed E-state index contributed by atoms with van der Waals surface area (Å²) in [5.41, 5.74) is 6.24. The number of carboxylic acids is 1. The lowest BCUT2D eigenvalue weighted by atomic mass is 9.98. The zero-order valence-electron chi connectivity index (χ0n) is 15.2. The molecular formula is C22H20N2O3. The van der Waals surface area contributed by atoms with Gasteiger partial charge in [-0.3, -0.25) is 4.79 Å². The van der Waals surface area contributed by atoms with Crippen LogP contribution in [0.4, 0.5) is 5.69 Å². The van der Waals surface area contributed by atoms with Gasteiger partial charge in [-0.1, -0.05) is 30.3 Å². The van der Waals surface area contributed by atoms with Crippen molar-refractivity contribution in [3.8, 4) is 0 Å². The molecule has 0 radical (unpaired) electrons. The maximum Gasteiger partial charge on any atom is 0.328 e. The summed E-state index contributed by atoms with van der Waals surface area (Å²) in [6.45, 7) is 4.07. The number of nitrogens with one attached hydrogen (secondary N) is 1. The molecule has 1 amide bonds. The van der Waals surface area contributed by atoms with Crippen LogP contribution >= 0.6 is 0 Å². The number of rotatable bonds is 3. The largest absolute Gasteiger partial charge is 0.478 e. The van der Waals surface area contributed by atoms with Crippen LogP contribution < -0.4 is 4.90 Å². The van der Waals surface area contributed by atoms with Crippen LogP contribution in [-0.2, 0) is 16.0 Å². The number of carbonyl (C=O) groups is 2. The van der Waals surface area contributed by atoms with Crippen molar-refractivity contribution >= 4 is 28.5 Å². The smallest absolute Gasteiger partial charge is 0.328 e. The molecule has 3 aromatic rings. The molecule has 5 nitrogen and oxygen atoms in total. The monoisotopic (exact) mass is 360 g/mol. The van der Waals surface area contributed by atoms with E-state index in [-0.39, 0.29) is 11.9 Å². The predicted molar refractivity (Wildman–Crippen MR) is 105 cm³/mol. The number of aromatic amines is 1. The number of aliphatic carboxylic acids is 1. The summed E-state index contributed by atoms with van der Waals surface area (Å²) in [5, 5.41) is 9.99. The van der Waals surface area contributed by atoms with Gasteiger partial charge in [-0.15, -0.1) is 0 Å². The average molecular weight is 360 g/mol. The SMILES string of the molecule is Cc1ccc2c(C3Cc4ccccc4N3C(=O)/C=C/C(=O)O)c(C)[nH]c2c1. The molecule has 1 aromatic heterocycles. The van der Waals surface area contributed by atoms with Gasteiger partial charge in [0.05, 0.1) is 6.04 Å². The number of hydrogen-bond acceptors (Lipinski definition) is 2. The summed E-state index contributed by atoms with van der Waals surface area (Å²) < 4.78 is 0. The number of hydrogen-bond donors (Lipinski definition) is 2. The summed E-state index contributed by atoms with van der Waals surface area (Å²) in [7, 11) is 0. The number of carboxylic acid groups (broad SMARTS) is 1. The Balaban J connectivity index is 1.86. The maximum absolute atomic E-state index is 12.9. The number of amides is 1. The van der Waals surface area contributed by atoms with Gasteiger partial charge in [0.1, 0.15) is 0 Å². The first kappa shape index (κ1) is 17.1. The molecule has 2 N–H and O–H groups in total. The number of fused-ring (bicyclic) bond motifs is 2.